The topological polar surface area (TPSA) is 240 Å². The van der Waals surface area contributed by atoms with Gasteiger partial charge in [0.1, 0.15) is 34.8 Å². The number of alkyl halides is 9. The number of ketones is 1. The number of nitriles is 2. The molecule has 0 aliphatic rings. The number of phenolic OH excluding ortho intramolecular Hbond substituents is 1. The number of Topliss-reactive ketones (excluding diaryl/α,β-unsaturated/α-hetero) is 1. The molecule has 0 spiro atoms. The van der Waals surface area contributed by atoms with E-state index in [2.05, 4.69) is 62.0 Å². The smallest absolute Gasteiger partial charge is 1.00 e. The Bertz CT molecular complexity index is 4750. The summed E-state index contributed by atoms with van der Waals surface area (Å²) in [4.78, 5) is 13.5. The molecule has 574 valence electrons. The number of carbonyl (C=O) groups is 1. The third kappa shape index (κ3) is 32.2. The van der Waals surface area contributed by atoms with Crippen LogP contribution in [0.1, 0.15) is 123 Å². The van der Waals surface area contributed by atoms with E-state index in [0.29, 0.717) is 23.3 Å². The van der Waals surface area contributed by atoms with Crippen molar-refractivity contribution in [1.29, 1.82) is 10.5 Å². The van der Waals surface area contributed by atoms with E-state index in [9.17, 15) is 54.5 Å². The van der Waals surface area contributed by atoms with Crippen LogP contribution in [0.15, 0.2) is 195 Å². The Morgan fingerprint density at radius 1 is 0.528 bits per heavy atom. The molecule has 2 unspecified atom stereocenters. The van der Waals surface area contributed by atoms with Crippen LogP contribution in [0.25, 0.3) is 53.9 Å². The number of halogens is 11. The zero-order chi connectivity index (χ0) is 75.4. The minimum Gasteiger partial charge on any atom is -1.00 e. The number of carbonyl (C=O) groups excluding carboxylic acids is 1. The molecule has 17 nitrogen and oxygen atoms in total. The molecule has 0 saturated carbocycles. The first kappa shape index (κ1) is 96.6. The van der Waals surface area contributed by atoms with Gasteiger partial charge in [-0.05, 0) is 192 Å². The molecule has 0 bridgehead atoms. The van der Waals surface area contributed by atoms with E-state index < -0.39 is 44.5 Å². The van der Waals surface area contributed by atoms with Crippen molar-refractivity contribution in [1.82, 2.24) is 40.8 Å². The van der Waals surface area contributed by atoms with Crippen LogP contribution in [0.3, 0.4) is 0 Å². The number of H-pyrrole nitrogens is 1. The quantitative estimate of drug-likeness (QED) is 0.0284. The number of nitrogens with zero attached hydrogens (tertiary/aromatic N) is 9. The normalized spacial score (nSPS) is 11.1. The number of hydrogen-bond donors (Lipinski definition) is 3. The van der Waals surface area contributed by atoms with Gasteiger partial charge < -0.3 is 52.6 Å². The molecule has 0 saturated heterocycles. The molecule has 10 aromatic carbocycles. The fraction of sp³-hybridized carbons (Fsp3) is 0.291. The van der Waals surface area contributed by atoms with Gasteiger partial charge in [0.15, 0.2) is 38.3 Å². The van der Waals surface area contributed by atoms with E-state index in [4.69, 9.17) is 29.5 Å². The van der Waals surface area contributed by atoms with Crippen LogP contribution in [0, 0.1) is 46.8 Å². The zero-order valence-electron chi connectivity index (χ0n) is 59.1. The number of aliphatic hydroxyl groups excluding tert-OH is 1. The molecule has 0 fully saturated rings. The van der Waals surface area contributed by atoms with Crippen LogP contribution in [-0.2, 0) is 0 Å². The van der Waals surface area contributed by atoms with E-state index >= 15 is 0 Å². The zero-order valence-corrected chi connectivity index (χ0v) is 64.5. The fourth-order valence-electron chi connectivity index (χ4n) is 9.78. The van der Waals surface area contributed by atoms with Crippen LogP contribution in [0.5, 0.6) is 28.7 Å². The van der Waals surface area contributed by atoms with Gasteiger partial charge in [0.05, 0.1) is 36.0 Å². The third-order valence-electron chi connectivity index (χ3n) is 14.5. The van der Waals surface area contributed by atoms with Gasteiger partial charge in [-0.2, -0.15) is 73.9 Å². The van der Waals surface area contributed by atoms with Crippen LogP contribution >= 0.6 is 24.0 Å². The summed E-state index contributed by atoms with van der Waals surface area (Å²) < 4.78 is 129. The van der Waals surface area contributed by atoms with Crippen molar-refractivity contribution in [3.05, 3.63) is 229 Å². The predicted molar refractivity (Wildman–Crippen MR) is 413 cm³/mol. The number of rotatable bonds is 15. The number of aromatic hydroxyl groups is 1. The molecule has 2 aromatic heterocycles. The molecular weight excluding hydrogens is 1600 g/mol. The maximum absolute atomic E-state index is 12.3. The number of tetrazole rings is 2. The number of ether oxygens (including phenoxy) is 4. The summed E-state index contributed by atoms with van der Waals surface area (Å²) in [6.45, 7) is 14.3. The van der Waals surface area contributed by atoms with Crippen molar-refractivity contribution >= 4 is 107 Å². The number of benzene rings is 10. The van der Waals surface area contributed by atoms with Crippen LogP contribution in [-0.4, -0.2) is 125 Å². The first-order valence-corrected chi connectivity index (χ1v) is 32.1. The van der Waals surface area contributed by atoms with Gasteiger partial charge >= 0.3 is 41.6 Å². The van der Waals surface area contributed by atoms with Gasteiger partial charge in [0.2, 0.25) is 0 Å². The summed E-state index contributed by atoms with van der Waals surface area (Å²) >= 11 is 0. The molecule has 0 amide bonds. The molecular formula is C79H87BrF9IMgN10O7. The van der Waals surface area contributed by atoms with E-state index in [0.717, 1.165) is 70.7 Å². The second kappa shape index (κ2) is 46.7. The third-order valence-corrected chi connectivity index (χ3v) is 14.5. The van der Waals surface area contributed by atoms with E-state index in [1.54, 1.807) is 95.8 Å². The number of nitrogens with one attached hydrogen (secondary N) is 1. The monoisotopic (exact) mass is 1690 g/mol. The van der Waals surface area contributed by atoms with Crippen LogP contribution < -0.4 is 35.9 Å². The van der Waals surface area contributed by atoms with Crippen molar-refractivity contribution in [2.45, 2.75) is 108 Å². The van der Waals surface area contributed by atoms with Crippen molar-refractivity contribution in [2.24, 2.45) is 17.8 Å². The predicted octanol–water partition coefficient (Wildman–Crippen LogP) is 17.8. The SMILES string of the molecule is C.C.CC(C)C(=O)c1ccc2cc(OCC(F)(F)F)ccc2c1.CC(C)C(O)c1ccc2cc(OCC(F)(F)F)ccc2c1.CC(C)C(c1ccc2cc(OCC(F)(F)F)ccc2c1)n1ncnn1.CCOc1ccc2cc(C#N)ccc2c1.C[CH-]C.I.N#Cc1ccc2cc(O)ccc2c1.[Br-].[HH].[Mg+2].c1nn[nH]n1. The second-order valence-corrected chi connectivity index (χ2v) is 23.9. The molecule has 12 aromatic rings. The van der Waals surface area contributed by atoms with Crippen LogP contribution in [0.2, 0.25) is 0 Å². The Labute approximate surface area is 667 Å². The van der Waals surface area contributed by atoms with Crippen LogP contribution in [0.4, 0.5) is 39.5 Å². The number of aliphatic hydroxyl groups is 1. The van der Waals surface area contributed by atoms with Gasteiger partial charge in [-0.25, -0.2) is 0 Å². The Kier molecular flexibility index (Phi) is 41.8. The number of aromatic nitrogens is 8. The molecule has 0 radical (unpaired) electrons. The fourth-order valence-corrected chi connectivity index (χ4v) is 9.78. The molecule has 2 atom stereocenters. The Morgan fingerprint density at radius 2 is 0.898 bits per heavy atom. The molecule has 0 aliphatic carbocycles. The Hall–Kier alpha value is -9.40. The minimum atomic E-state index is -4.36. The summed E-state index contributed by atoms with van der Waals surface area (Å²) in [7, 11) is 0. The largest absolute Gasteiger partial charge is 2.00 e. The molecule has 29 heteroatoms. The van der Waals surface area contributed by atoms with Crippen molar-refractivity contribution in [3.8, 4) is 40.9 Å². The molecule has 108 heavy (non-hydrogen) atoms. The number of phenols is 1. The van der Waals surface area contributed by atoms with Gasteiger partial charge in [-0.1, -0.05) is 140 Å². The Morgan fingerprint density at radius 3 is 1.26 bits per heavy atom. The summed E-state index contributed by atoms with van der Waals surface area (Å²) in [6.07, 6.45) is -8.90. The van der Waals surface area contributed by atoms with Gasteiger partial charge in [0, 0.05) is 12.9 Å². The standard InChI is InChI=1S/C17H17F3N4O.C16H17F3O2.C16H15F3O2.C13H11NO.C11H7NO.C3H7.CH2N4.2CH4.BrH.HI.Mg.H2/c1-11(2)16(24-22-10-21-23-24)14-4-3-13-8-15(6-5-12(13)7-14)25-9-17(18,19)20;2*1-10(2)15(20)13-4-3-12-8-14(6-5-11(12)7-13)21-9-16(17,18)19;1-2-15-13-6-5-11-7-10(9-14)3-4-12(11)8-13;12-7-8-1-2-10-6-11(13)4-3-9(10)5-8;1-3-2;1-2-4-5-3-1;;;;;;/h3-8,10-11,16H,9H2,1-2H3;3-8,10,15,20H,9H2,1-2H3;3-8,10H,9H2,1-2H3;3-8H,2H2,1H3;1-6,13H;3H,1-2H3;1H,(H,2,3,4,5);2*1H4;2*1H;;1H/q;;;;;-1;;;;;;+2;/p-1. The maximum Gasteiger partial charge on any atom is 2.00 e. The summed E-state index contributed by atoms with van der Waals surface area (Å²) in [5.74, 6) is 1.91. The van der Waals surface area contributed by atoms with Crippen molar-refractivity contribution in [3.63, 3.8) is 0 Å². The number of fused-ring (bicyclic) bond motifs is 5. The molecule has 3 N–H and O–H groups in total. The van der Waals surface area contributed by atoms with Gasteiger partial charge in [-0.3, -0.25) is 4.79 Å². The van der Waals surface area contributed by atoms with Gasteiger partial charge in [-0.15, -0.1) is 44.4 Å². The average molecular weight is 1690 g/mol. The summed E-state index contributed by atoms with van der Waals surface area (Å²) in [5, 5.41) is 69.6. The first-order chi connectivity index (χ1) is 48.9. The second-order valence-electron chi connectivity index (χ2n) is 23.9. The maximum atomic E-state index is 12.3. The average Bonchev–Trinajstić information content (AvgIpc) is 1.69. The number of hydrogen-bond acceptors (Lipinski definition) is 15. The minimum absolute atomic E-state index is 0. The molecule has 12 rings (SSSR count). The molecule has 2 heterocycles. The number of aromatic amines is 1. The first-order valence-electron chi connectivity index (χ1n) is 32.1. The van der Waals surface area contributed by atoms with E-state index in [1.807, 2.05) is 122 Å². The molecule has 0 aliphatic heterocycles. The van der Waals surface area contributed by atoms with Crippen molar-refractivity contribution < 1.29 is 91.9 Å². The summed E-state index contributed by atoms with van der Waals surface area (Å²) in [6, 6.07) is 56.7. The van der Waals surface area contributed by atoms with Crippen molar-refractivity contribution in [2.75, 3.05) is 26.4 Å². The summed E-state index contributed by atoms with van der Waals surface area (Å²) in [5.41, 5.74) is 3.72. The van der Waals surface area contributed by atoms with E-state index in [1.165, 1.54) is 36.9 Å². The Balaban J connectivity index is 0.00000130. The van der Waals surface area contributed by atoms with Gasteiger partial charge in [0.25, 0.3) is 0 Å². The van der Waals surface area contributed by atoms with E-state index in [-0.39, 0.29) is 133 Å².